The summed E-state index contributed by atoms with van der Waals surface area (Å²) < 4.78 is 25.2. The van der Waals surface area contributed by atoms with E-state index in [1.807, 2.05) is 35.0 Å². The minimum absolute atomic E-state index is 0.0189. The highest BCUT2D eigenvalue weighted by atomic mass is 32.2. The molecule has 204 valence electrons. The first-order valence-corrected chi connectivity index (χ1v) is 15.6. The zero-order valence-electron chi connectivity index (χ0n) is 22.0. The number of rotatable bonds is 8. The number of primary sulfonamides is 1. The molecule has 2 amide bonds. The highest BCUT2D eigenvalue weighted by Gasteiger charge is 2.71. The molecule has 5 unspecified atom stereocenters. The standard InChI is InChI=1S/C30H35N5O3S/c31-39(37,38)26-10-8-25(9-11-26)35-27(21-5-2-1-3-6-21)15-24(34-35)7-4-12-32-28(36)33-29-16-20-13-22-14-23(18-29)30(22,17-20)19-29/h1-3,5-6,8-11,15,20,22-23H,4,7,12-14,16-19H2,(H2,31,37,38)(H2,32,33,36). The third-order valence-corrected chi connectivity index (χ3v) is 10.9. The van der Waals surface area contributed by atoms with Crippen LogP contribution in [0.4, 0.5) is 4.79 Å². The zero-order valence-corrected chi connectivity index (χ0v) is 22.8. The van der Waals surface area contributed by atoms with E-state index in [2.05, 4.69) is 16.7 Å². The number of carbonyl (C=O) groups is 1. The average Bonchev–Trinajstić information content (AvgIpc) is 3.48. The molecule has 1 aromatic heterocycles. The molecule has 4 aliphatic rings. The lowest BCUT2D eigenvalue weighted by atomic mass is 9.56. The topological polar surface area (TPSA) is 119 Å². The molecule has 8 nitrogen and oxygen atoms in total. The highest BCUT2D eigenvalue weighted by Crippen LogP contribution is 2.76. The average molecular weight is 546 g/mol. The largest absolute Gasteiger partial charge is 0.338 e. The van der Waals surface area contributed by atoms with Crippen molar-refractivity contribution in [3.05, 3.63) is 66.4 Å². The van der Waals surface area contributed by atoms with Crippen LogP contribution in [0, 0.1) is 23.2 Å². The van der Waals surface area contributed by atoms with Crippen LogP contribution in [0.1, 0.15) is 50.6 Å². The van der Waals surface area contributed by atoms with E-state index >= 15 is 0 Å². The molecule has 0 radical (unpaired) electrons. The number of hydrogen-bond acceptors (Lipinski definition) is 4. The van der Waals surface area contributed by atoms with Crippen molar-refractivity contribution < 1.29 is 13.2 Å². The number of hydrogen-bond donors (Lipinski definition) is 3. The van der Waals surface area contributed by atoms with E-state index in [1.54, 1.807) is 12.1 Å². The van der Waals surface area contributed by atoms with Crippen LogP contribution in [-0.4, -0.2) is 36.3 Å². The fourth-order valence-corrected chi connectivity index (χ4v) is 9.12. The second kappa shape index (κ2) is 8.93. The fraction of sp³-hybridized carbons (Fsp3) is 0.467. The van der Waals surface area contributed by atoms with Crippen LogP contribution < -0.4 is 15.8 Å². The molecule has 5 atom stereocenters. The van der Waals surface area contributed by atoms with Crippen LogP contribution in [0.2, 0.25) is 0 Å². The van der Waals surface area contributed by atoms with Gasteiger partial charge in [-0.2, -0.15) is 5.10 Å². The van der Waals surface area contributed by atoms with Crippen molar-refractivity contribution >= 4 is 16.1 Å². The first-order chi connectivity index (χ1) is 18.7. The van der Waals surface area contributed by atoms with Gasteiger partial charge in [0.2, 0.25) is 10.0 Å². The molecule has 4 fully saturated rings. The van der Waals surface area contributed by atoms with Crippen LogP contribution in [0.25, 0.3) is 16.9 Å². The molecule has 0 saturated heterocycles. The van der Waals surface area contributed by atoms with Crippen molar-refractivity contribution in [2.45, 2.75) is 61.8 Å². The molecule has 0 aliphatic heterocycles. The SMILES string of the molecule is NS(=O)(=O)c1ccc(-n2nc(CCCNC(=O)NC34CC5CC6CC(C3)C6(C5)C4)cc2-c2ccccc2)cc1. The predicted octanol–water partition coefficient (Wildman–Crippen LogP) is 4.39. The summed E-state index contributed by atoms with van der Waals surface area (Å²) in [6.07, 6.45) is 9.18. The van der Waals surface area contributed by atoms with Gasteiger partial charge in [-0.3, -0.25) is 0 Å². The van der Waals surface area contributed by atoms with E-state index in [9.17, 15) is 13.2 Å². The maximum atomic E-state index is 12.9. The number of aromatic nitrogens is 2. The lowest BCUT2D eigenvalue weighted by molar-refractivity contribution is -0.000507. The van der Waals surface area contributed by atoms with E-state index in [-0.39, 0.29) is 16.5 Å². The number of fused-ring (bicyclic) bond motifs is 2. The number of sulfonamides is 1. The van der Waals surface area contributed by atoms with E-state index in [4.69, 9.17) is 10.2 Å². The molecule has 4 N–H and O–H groups in total. The minimum Gasteiger partial charge on any atom is -0.338 e. The Morgan fingerprint density at radius 1 is 1.03 bits per heavy atom. The molecule has 3 aromatic rings. The Bertz CT molecular complexity index is 1520. The quantitative estimate of drug-likeness (QED) is 0.364. The van der Waals surface area contributed by atoms with Crippen LogP contribution in [0.5, 0.6) is 0 Å². The fourth-order valence-electron chi connectivity index (χ4n) is 8.60. The van der Waals surface area contributed by atoms with Gasteiger partial charge in [-0.15, -0.1) is 0 Å². The molecular formula is C30H35N5O3S. The van der Waals surface area contributed by atoms with E-state index in [0.29, 0.717) is 18.4 Å². The van der Waals surface area contributed by atoms with E-state index in [0.717, 1.165) is 53.2 Å². The highest BCUT2D eigenvalue weighted by molar-refractivity contribution is 7.89. The Morgan fingerprint density at radius 2 is 1.82 bits per heavy atom. The van der Waals surface area contributed by atoms with Crippen molar-refractivity contribution in [1.82, 2.24) is 20.4 Å². The normalized spacial score (nSPS) is 30.1. The molecule has 7 rings (SSSR count). The van der Waals surface area contributed by atoms with Crippen molar-refractivity contribution in [1.29, 1.82) is 0 Å². The molecule has 1 heterocycles. The van der Waals surface area contributed by atoms with Crippen LogP contribution in [0.3, 0.4) is 0 Å². The van der Waals surface area contributed by atoms with Crippen LogP contribution >= 0.6 is 0 Å². The van der Waals surface area contributed by atoms with Gasteiger partial charge in [-0.25, -0.2) is 23.0 Å². The Balaban J connectivity index is 1.00. The minimum atomic E-state index is -3.77. The number of amides is 2. The summed E-state index contributed by atoms with van der Waals surface area (Å²) in [5, 5.41) is 16.6. The van der Waals surface area contributed by atoms with Crippen molar-refractivity contribution in [2.75, 3.05) is 6.54 Å². The Kier molecular flexibility index (Phi) is 5.68. The number of nitrogens with two attached hydrogens (primary N) is 1. The number of benzene rings is 2. The van der Waals surface area contributed by atoms with Gasteiger partial charge in [-0.1, -0.05) is 30.3 Å². The maximum Gasteiger partial charge on any atom is 0.315 e. The van der Waals surface area contributed by atoms with Gasteiger partial charge < -0.3 is 10.6 Å². The molecule has 3 bridgehead atoms. The lowest BCUT2D eigenvalue weighted by Gasteiger charge is -2.49. The molecule has 1 spiro atoms. The summed E-state index contributed by atoms with van der Waals surface area (Å²) in [5.74, 6) is 2.57. The number of urea groups is 1. The van der Waals surface area contributed by atoms with Gasteiger partial charge in [0.15, 0.2) is 0 Å². The van der Waals surface area contributed by atoms with E-state index in [1.165, 1.54) is 44.2 Å². The van der Waals surface area contributed by atoms with Crippen molar-refractivity contribution in [3.63, 3.8) is 0 Å². The summed E-state index contributed by atoms with van der Waals surface area (Å²) in [6, 6.07) is 18.4. The lowest BCUT2D eigenvalue weighted by Crippen LogP contribution is -2.53. The second-order valence-electron chi connectivity index (χ2n) is 12.4. The van der Waals surface area contributed by atoms with Gasteiger partial charge in [0.1, 0.15) is 0 Å². The van der Waals surface area contributed by atoms with Gasteiger partial charge in [-0.05, 0) is 105 Å². The predicted molar refractivity (Wildman–Crippen MR) is 149 cm³/mol. The molecule has 4 saturated carbocycles. The number of carbonyl (C=O) groups excluding carboxylic acids is 1. The Hall–Kier alpha value is -3.17. The molecular weight excluding hydrogens is 510 g/mol. The zero-order chi connectivity index (χ0) is 26.8. The number of nitrogens with one attached hydrogen (secondary N) is 2. The summed E-state index contributed by atoms with van der Waals surface area (Å²) in [4.78, 5) is 13.0. The molecule has 9 heteroatoms. The summed E-state index contributed by atoms with van der Waals surface area (Å²) in [5.41, 5.74) is 4.16. The maximum absolute atomic E-state index is 12.9. The summed E-state index contributed by atoms with van der Waals surface area (Å²) >= 11 is 0. The van der Waals surface area contributed by atoms with Gasteiger partial charge >= 0.3 is 6.03 Å². The third-order valence-electron chi connectivity index (χ3n) is 9.98. The van der Waals surface area contributed by atoms with Gasteiger partial charge in [0, 0.05) is 17.6 Å². The monoisotopic (exact) mass is 545 g/mol. The third kappa shape index (κ3) is 4.26. The Morgan fingerprint density at radius 3 is 2.59 bits per heavy atom. The summed E-state index contributed by atoms with van der Waals surface area (Å²) in [7, 11) is -3.77. The Labute approximate surface area is 229 Å². The number of aryl methyl sites for hydroxylation is 1. The first-order valence-electron chi connectivity index (χ1n) is 14.1. The number of nitrogens with zero attached hydrogens (tertiary/aromatic N) is 2. The van der Waals surface area contributed by atoms with Gasteiger partial charge in [0.05, 0.1) is 22.0 Å². The smallest absolute Gasteiger partial charge is 0.315 e. The van der Waals surface area contributed by atoms with Crippen LogP contribution in [0.15, 0.2) is 65.6 Å². The van der Waals surface area contributed by atoms with Crippen molar-refractivity contribution in [3.8, 4) is 16.9 Å². The second-order valence-corrected chi connectivity index (χ2v) is 13.9. The van der Waals surface area contributed by atoms with Crippen molar-refractivity contribution in [2.24, 2.45) is 28.3 Å². The molecule has 2 aromatic carbocycles. The van der Waals surface area contributed by atoms with Gasteiger partial charge in [0.25, 0.3) is 0 Å². The first kappa shape index (κ1) is 24.8. The summed E-state index contributed by atoms with van der Waals surface area (Å²) in [6.45, 7) is 0.582. The molecule has 4 aliphatic carbocycles. The van der Waals surface area contributed by atoms with Crippen LogP contribution in [-0.2, 0) is 16.4 Å². The van der Waals surface area contributed by atoms with E-state index < -0.39 is 10.0 Å². The molecule has 39 heavy (non-hydrogen) atoms.